The molecule has 1 aliphatic heterocycles. The summed E-state index contributed by atoms with van der Waals surface area (Å²) < 4.78 is 0.509. The van der Waals surface area contributed by atoms with Crippen molar-refractivity contribution in [3.8, 4) is 0 Å². The third-order valence-corrected chi connectivity index (χ3v) is 4.29. The van der Waals surface area contributed by atoms with E-state index in [2.05, 4.69) is 9.88 Å². The first-order valence-corrected chi connectivity index (χ1v) is 7.08. The van der Waals surface area contributed by atoms with Gasteiger partial charge in [-0.3, -0.25) is 14.6 Å². The van der Waals surface area contributed by atoms with Crippen molar-refractivity contribution < 1.29 is 15.0 Å². The van der Waals surface area contributed by atoms with E-state index in [9.17, 15) is 9.90 Å². The van der Waals surface area contributed by atoms with E-state index in [0.29, 0.717) is 24.1 Å². The topological polar surface area (TPSA) is 76.9 Å². The first-order valence-electron chi connectivity index (χ1n) is 5.88. The van der Waals surface area contributed by atoms with Gasteiger partial charge in [-0.15, -0.1) is 23.7 Å². The summed E-state index contributed by atoms with van der Waals surface area (Å²) in [4.78, 5) is 19.5. The van der Waals surface area contributed by atoms with Crippen LogP contribution < -0.4 is 0 Å². The second-order valence-corrected chi connectivity index (χ2v) is 6.41. The van der Waals surface area contributed by atoms with Crippen LogP contribution in [0.2, 0.25) is 4.47 Å². The Hall–Kier alpha value is -0.440. The van der Waals surface area contributed by atoms with Gasteiger partial charge in [0.25, 0.3) is 0 Å². The van der Waals surface area contributed by atoms with E-state index in [1.807, 2.05) is 0 Å². The minimum Gasteiger partial charge on any atom is -0.480 e. The number of aliphatic hydroxyl groups excluding tert-OH is 1. The summed E-state index contributed by atoms with van der Waals surface area (Å²) in [6.45, 7) is 1.78. The Morgan fingerprint density at radius 1 is 1.65 bits per heavy atom. The highest BCUT2D eigenvalue weighted by Gasteiger charge is 2.34. The number of hydrogen-bond acceptors (Lipinski definition) is 6. The van der Waals surface area contributed by atoms with Gasteiger partial charge in [-0.25, -0.2) is 4.98 Å². The number of carboxylic acid groups (broad SMARTS) is 1. The molecule has 0 spiro atoms. The van der Waals surface area contributed by atoms with Crippen LogP contribution >= 0.6 is 35.3 Å². The Labute approximate surface area is 132 Å². The van der Waals surface area contributed by atoms with Crippen LogP contribution in [0, 0.1) is 0 Å². The van der Waals surface area contributed by atoms with Crippen LogP contribution in [0.1, 0.15) is 4.88 Å². The third kappa shape index (κ3) is 4.54. The Morgan fingerprint density at radius 3 is 2.90 bits per heavy atom. The normalized spacial score (nSPS) is 23.0. The lowest BCUT2D eigenvalue weighted by Gasteiger charge is -2.24. The molecule has 0 radical (unpaired) electrons. The smallest absolute Gasteiger partial charge is 0.317 e. The van der Waals surface area contributed by atoms with E-state index in [0.717, 1.165) is 4.88 Å². The van der Waals surface area contributed by atoms with Crippen LogP contribution in [0.4, 0.5) is 0 Å². The van der Waals surface area contributed by atoms with Gasteiger partial charge in [-0.05, 0) is 7.05 Å². The molecule has 2 N–H and O–H groups in total. The summed E-state index contributed by atoms with van der Waals surface area (Å²) in [5, 5.41) is 18.8. The summed E-state index contributed by atoms with van der Waals surface area (Å²) in [6.07, 6.45) is 1.20. The van der Waals surface area contributed by atoms with Crippen molar-refractivity contribution in [2.75, 3.05) is 26.7 Å². The van der Waals surface area contributed by atoms with E-state index in [-0.39, 0.29) is 25.0 Å². The number of hydrogen-bond donors (Lipinski definition) is 2. The summed E-state index contributed by atoms with van der Waals surface area (Å²) in [7, 11) is 1.72. The molecule has 0 amide bonds. The lowest BCUT2D eigenvalue weighted by molar-refractivity contribution is -0.138. The minimum absolute atomic E-state index is 0. The van der Waals surface area contributed by atoms with E-state index in [1.54, 1.807) is 18.1 Å². The Kier molecular flexibility index (Phi) is 6.63. The molecule has 1 saturated heterocycles. The number of β-amino-alcohol motifs (C(OH)–C–C–N with tert-alkyl or cyclic N) is 1. The van der Waals surface area contributed by atoms with Crippen molar-refractivity contribution in [3.05, 3.63) is 15.5 Å². The fourth-order valence-corrected chi connectivity index (χ4v) is 3.34. The van der Waals surface area contributed by atoms with Gasteiger partial charge in [-0.2, -0.15) is 0 Å². The number of nitrogens with zero attached hydrogens (tertiary/aromatic N) is 3. The van der Waals surface area contributed by atoms with Crippen molar-refractivity contribution in [2.45, 2.75) is 18.7 Å². The fourth-order valence-electron chi connectivity index (χ4n) is 2.32. The average Bonchev–Trinajstić information content (AvgIpc) is 2.85. The first kappa shape index (κ1) is 17.6. The highest BCUT2D eigenvalue weighted by molar-refractivity contribution is 7.15. The number of thiazole rings is 1. The highest BCUT2D eigenvalue weighted by atomic mass is 35.5. The summed E-state index contributed by atoms with van der Waals surface area (Å²) >= 11 is 7.20. The number of likely N-dealkylation sites (N-methyl/N-ethyl adjacent to an activating group) is 1. The van der Waals surface area contributed by atoms with Crippen LogP contribution in [0.25, 0.3) is 0 Å². The predicted octanol–water partition coefficient (Wildman–Crippen LogP) is 0.780. The number of rotatable bonds is 5. The average molecular weight is 342 g/mol. The van der Waals surface area contributed by atoms with Crippen LogP contribution in [-0.4, -0.2) is 69.8 Å². The molecule has 2 atom stereocenters. The molecule has 1 unspecified atom stereocenters. The van der Waals surface area contributed by atoms with E-state index < -0.39 is 12.1 Å². The van der Waals surface area contributed by atoms with E-state index >= 15 is 0 Å². The first-order chi connectivity index (χ1) is 8.95. The number of carboxylic acids is 1. The molecule has 0 aromatic carbocycles. The molecule has 114 valence electrons. The van der Waals surface area contributed by atoms with Gasteiger partial charge >= 0.3 is 5.97 Å². The van der Waals surface area contributed by atoms with Gasteiger partial charge in [0.2, 0.25) is 0 Å². The van der Waals surface area contributed by atoms with Gasteiger partial charge < -0.3 is 10.2 Å². The zero-order chi connectivity index (χ0) is 14.0. The molecule has 2 rings (SSSR count). The molecular formula is C11H17Cl2N3O3S. The van der Waals surface area contributed by atoms with Crippen LogP contribution in [0.15, 0.2) is 6.20 Å². The number of aliphatic carboxylic acids is 1. The van der Waals surface area contributed by atoms with Crippen LogP contribution in [-0.2, 0) is 11.3 Å². The molecule has 1 aromatic rings. The fraction of sp³-hybridized carbons (Fsp3) is 0.636. The predicted molar refractivity (Wildman–Crippen MR) is 79.7 cm³/mol. The Morgan fingerprint density at radius 2 is 2.35 bits per heavy atom. The molecule has 1 fully saturated rings. The maximum atomic E-state index is 10.7. The van der Waals surface area contributed by atoms with Gasteiger partial charge in [-0.1, -0.05) is 11.6 Å². The molecule has 0 saturated carbocycles. The second kappa shape index (κ2) is 7.53. The third-order valence-electron chi connectivity index (χ3n) is 3.19. The maximum absolute atomic E-state index is 10.7. The van der Waals surface area contributed by atoms with Gasteiger partial charge in [0.1, 0.15) is 0 Å². The van der Waals surface area contributed by atoms with Crippen LogP contribution in [0.5, 0.6) is 0 Å². The van der Waals surface area contributed by atoms with E-state index in [1.165, 1.54) is 11.3 Å². The molecule has 6 nitrogen and oxygen atoms in total. The number of carbonyl (C=O) groups is 1. The molecule has 2 heterocycles. The Balaban J connectivity index is 0.00000200. The summed E-state index contributed by atoms with van der Waals surface area (Å²) in [5.41, 5.74) is 0. The van der Waals surface area contributed by atoms with Crippen molar-refractivity contribution >= 4 is 41.3 Å². The summed E-state index contributed by atoms with van der Waals surface area (Å²) in [6, 6.07) is -0.153. The van der Waals surface area contributed by atoms with Crippen molar-refractivity contribution in [3.63, 3.8) is 0 Å². The number of halogens is 2. The standard InChI is InChI=1S/C11H16ClN3O3S.ClH/c1-14(6-10(17)18)8-4-15(5-9(8)16)3-7-2-13-11(12)19-7;/h2,8-9,16H,3-6H2,1H3,(H,17,18);1H/t8?,9-;/m1./s1. The number of aromatic nitrogens is 1. The number of aliphatic hydroxyl groups is 1. The van der Waals surface area contributed by atoms with Gasteiger partial charge in [0.05, 0.1) is 12.6 Å². The maximum Gasteiger partial charge on any atom is 0.317 e. The van der Waals surface area contributed by atoms with Crippen molar-refractivity contribution in [1.29, 1.82) is 0 Å². The molecule has 0 aliphatic carbocycles. The van der Waals surface area contributed by atoms with Gasteiger partial charge in [0.15, 0.2) is 4.47 Å². The molecule has 20 heavy (non-hydrogen) atoms. The Bertz CT molecular complexity index is 460. The minimum atomic E-state index is -0.887. The molecule has 1 aromatic heterocycles. The highest BCUT2D eigenvalue weighted by Crippen LogP contribution is 2.22. The van der Waals surface area contributed by atoms with E-state index in [4.69, 9.17) is 16.7 Å². The summed E-state index contributed by atoms with van der Waals surface area (Å²) in [5.74, 6) is -0.887. The van der Waals surface area contributed by atoms with Gasteiger partial charge in [0, 0.05) is 36.8 Å². The quantitative estimate of drug-likeness (QED) is 0.824. The zero-order valence-electron chi connectivity index (χ0n) is 10.9. The number of likely N-dealkylation sites (tertiary alicyclic amines) is 1. The molecule has 0 bridgehead atoms. The molecular weight excluding hydrogens is 325 g/mol. The SMILES string of the molecule is CN(CC(=O)O)C1CN(Cc2cnc(Cl)s2)C[C@H]1O.Cl. The molecule has 9 heteroatoms. The largest absolute Gasteiger partial charge is 0.480 e. The monoisotopic (exact) mass is 341 g/mol. The second-order valence-electron chi connectivity index (χ2n) is 4.72. The molecule has 1 aliphatic rings. The lowest BCUT2D eigenvalue weighted by atomic mass is 10.2. The lowest BCUT2D eigenvalue weighted by Crippen LogP contribution is -2.43. The van der Waals surface area contributed by atoms with Crippen molar-refractivity contribution in [2.24, 2.45) is 0 Å². The van der Waals surface area contributed by atoms with Crippen molar-refractivity contribution in [1.82, 2.24) is 14.8 Å². The zero-order valence-corrected chi connectivity index (χ0v) is 13.3. The van der Waals surface area contributed by atoms with Crippen LogP contribution in [0.3, 0.4) is 0 Å².